The second-order valence-electron chi connectivity index (χ2n) is 9.32. The van der Waals surface area contributed by atoms with E-state index in [1.807, 2.05) is 18.2 Å². The lowest BCUT2D eigenvalue weighted by molar-refractivity contribution is 0.0950. The molecule has 2 aromatic carbocycles. The SMILES string of the molecule is O=C(NCc1cccnc1)c1ccc2c(c1)[C@H]1[C@H]3CC[C@H](C3)[C@H]1[C@H](c1ccccc1)N2. The molecular formula is C27H27N3O. The van der Waals surface area contributed by atoms with Crippen molar-refractivity contribution in [3.05, 3.63) is 95.3 Å². The van der Waals surface area contributed by atoms with E-state index in [0.717, 1.165) is 23.0 Å². The van der Waals surface area contributed by atoms with Crippen LogP contribution in [-0.2, 0) is 6.54 Å². The van der Waals surface area contributed by atoms with Gasteiger partial charge in [0.1, 0.15) is 0 Å². The van der Waals surface area contributed by atoms with Gasteiger partial charge in [-0.2, -0.15) is 0 Å². The molecular weight excluding hydrogens is 382 g/mol. The number of nitrogens with one attached hydrogen (secondary N) is 2. The average Bonchev–Trinajstić information content (AvgIpc) is 3.46. The Morgan fingerprint density at radius 3 is 2.74 bits per heavy atom. The quantitative estimate of drug-likeness (QED) is 0.614. The van der Waals surface area contributed by atoms with Gasteiger partial charge in [-0.25, -0.2) is 0 Å². The standard InChI is InChI=1S/C27H27N3O/c31-27(29-16-17-5-4-12-28-15-17)21-10-11-23-22(14-21)24-19-8-9-20(13-19)25(24)26(30-23)18-6-2-1-3-7-18/h1-7,10-12,14-15,19-20,24-26,30H,8-9,13,16H2,(H,29,31)/t19-,20+,24+,25+,26-/m0/s1. The zero-order valence-corrected chi connectivity index (χ0v) is 17.5. The molecule has 2 heterocycles. The predicted molar refractivity (Wildman–Crippen MR) is 122 cm³/mol. The predicted octanol–water partition coefficient (Wildman–Crippen LogP) is 5.31. The molecule has 2 bridgehead atoms. The van der Waals surface area contributed by atoms with Crippen molar-refractivity contribution in [2.24, 2.45) is 17.8 Å². The number of benzene rings is 2. The topological polar surface area (TPSA) is 54.0 Å². The van der Waals surface area contributed by atoms with Crippen LogP contribution >= 0.6 is 0 Å². The van der Waals surface area contributed by atoms with Gasteiger partial charge in [-0.3, -0.25) is 9.78 Å². The third-order valence-corrected chi connectivity index (χ3v) is 7.68. The minimum absolute atomic E-state index is 0.0171. The summed E-state index contributed by atoms with van der Waals surface area (Å²) in [6.45, 7) is 0.495. The van der Waals surface area contributed by atoms with Gasteiger partial charge in [0.15, 0.2) is 0 Å². The van der Waals surface area contributed by atoms with Crippen LogP contribution in [0, 0.1) is 17.8 Å². The molecule has 1 aliphatic heterocycles. The van der Waals surface area contributed by atoms with Crippen molar-refractivity contribution in [2.75, 3.05) is 5.32 Å². The Hall–Kier alpha value is -3.14. The smallest absolute Gasteiger partial charge is 0.251 e. The number of rotatable bonds is 4. The molecule has 0 saturated heterocycles. The number of amides is 1. The van der Waals surface area contributed by atoms with E-state index < -0.39 is 0 Å². The third-order valence-electron chi connectivity index (χ3n) is 7.68. The van der Waals surface area contributed by atoms with Gasteiger partial charge in [0.25, 0.3) is 5.91 Å². The van der Waals surface area contributed by atoms with Gasteiger partial charge in [0.2, 0.25) is 0 Å². The molecule has 2 saturated carbocycles. The van der Waals surface area contributed by atoms with Crippen molar-refractivity contribution in [1.82, 2.24) is 10.3 Å². The van der Waals surface area contributed by atoms with E-state index >= 15 is 0 Å². The summed E-state index contributed by atoms with van der Waals surface area (Å²) in [6, 6.07) is 21.4. The maximum absolute atomic E-state index is 12.9. The second-order valence-corrected chi connectivity index (χ2v) is 9.32. The molecule has 1 amide bonds. The summed E-state index contributed by atoms with van der Waals surface area (Å²) in [4.78, 5) is 17.0. The number of carbonyl (C=O) groups is 1. The number of carbonyl (C=O) groups excluding carboxylic acids is 1. The van der Waals surface area contributed by atoms with E-state index in [2.05, 4.69) is 58.1 Å². The minimum Gasteiger partial charge on any atom is -0.378 e. The molecule has 1 aromatic heterocycles. The number of aromatic nitrogens is 1. The summed E-state index contributed by atoms with van der Waals surface area (Å²) in [7, 11) is 0. The summed E-state index contributed by atoms with van der Waals surface area (Å²) in [5.74, 6) is 2.67. The minimum atomic E-state index is -0.0171. The van der Waals surface area contributed by atoms with Gasteiger partial charge in [-0.05, 0) is 83.9 Å². The number of pyridine rings is 1. The van der Waals surface area contributed by atoms with Crippen molar-refractivity contribution >= 4 is 11.6 Å². The Balaban J connectivity index is 1.30. The highest BCUT2D eigenvalue weighted by Crippen LogP contribution is 2.63. The van der Waals surface area contributed by atoms with Gasteiger partial charge < -0.3 is 10.6 Å². The number of nitrogens with zero attached hydrogens (tertiary/aromatic N) is 1. The lowest BCUT2D eigenvalue weighted by atomic mass is 9.68. The van der Waals surface area contributed by atoms with Crippen molar-refractivity contribution < 1.29 is 4.79 Å². The van der Waals surface area contributed by atoms with E-state index in [9.17, 15) is 4.79 Å². The number of fused-ring (bicyclic) bond motifs is 7. The van der Waals surface area contributed by atoms with E-state index in [-0.39, 0.29) is 5.91 Å². The fraction of sp³-hybridized carbons (Fsp3) is 0.333. The van der Waals surface area contributed by atoms with Crippen molar-refractivity contribution in [3.8, 4) is 0 Å². The summed E-state index contributed by atoms with van der Waals surface area (Å²) in [5, 5.41) is 6.90. The second kappa shape index (κ2) is 7.52. The molecule has 0 spiro atoms. The highest BCUT2D eigenvalue weighted by Gasteiger charge is 2.53. The summed E-state index contributed by atoms with van der Waals surface area (Å²) in [5.41, 5.74) is 5.69. The van der Waals surface area contributed by atoms with Crippen LogP contribution in [0.25, 0.3) is 0 Å². The molecule has 0 radical (unpaired) electrons. The molecule has 31 heavy (non-hydrogen) atoms. The number of hydrogen-bond acceptors (Lipinski definition) is 3. The first-order valence-electron chi connectivity index (χ1n) is 11.4. The lowest BCUT2D eigenvalue weighted by Crippen LogP contribution is -2.35. The van der Waals surface area contributed by atoms with Crippen LogP contribution in [0.1, 0.15) is 58.3 Å². The lowest BCUT2D eigenvalue weighted by Gasteiger charge is -2.43. The van der Waals surface area contributed by atoms with Crippen LogP contribution in [-0.4, -0.2) is 10.9 Å². The first-order chi connectivity index (χ1) is 15.3. The molecule has 4 heteroatoms. The van der Waals surface area contributed by atoms with E-state index in [1.165, 1.54) is 36.1 Å². The summed E-state index contributed by atoms with van der Waals surface area (Å²) in [6.07, 6.45) is 7.54. The molecule has 3 aliphatic rings. The first-order valence-corrected chi connectivity index (χ1v) is 11.4. The fourth-order valence-corrected chi connectivity index (χ4v) is 6.40. The Kier molecular flexibility index (Phi) is 4.52. The Labute approximate surface area is 183 Å². The normalized spacial score (nSPS) is 27.8. The fourth-order valence-electron chi connectivity index (χ4n) is 6.40. The van der Waals surface area contributed by atoms with E-state index in [4.69, 9.17) is 0 Å². The van der Waals surface area contributed by atoms with Crippen LogP contribution < -0.4 is 10.6 Å². The first kappa shape index (κ1) is 18.6. The van der Waals surface area contributed by atoms with Crippen molar-refractivity contribution in [1.29, 1.82) is 0 Å². The van der Waals surface area contributed by atoms with Crippen LogP contribution in [0.5, 0.6) is 0 Å². The molecule has 156 valence electrons. The molecule has 2 aliphatic carbocycles. The van der Waals surface area contributed by atoms with Crippen LogP contribution in [0.15, 0.2) is 73.1 Å². The zero-order valence-electron chi connectivity index (χ0n) is 17.5. The van der Waals surface area contributed by atoms with Crippen LogP contribution in [0.2, 0.25) is 0 Å². The van der Waals surface area contributed by atoms with Gasteiger partial charge in [-0.1, -0.05) is 36.4 Å². The van der Waals surface area contributed by atoms with E-state index in [0.29, 0.717) is 24.4 Å². The molecule has 2 fully saturated rings. The number of anilines is 1. The van der Waals surface area contributed by atoms with Gasteiger partial charge in [-0.15, -0.1) is 0 Å². The zero-order chi connectivity index (χ0) is 20.8. The largest absolute Gasteiger partial charge is 0.378 e. The molecule has 5 atom stereocenters. The monoisotopic (exact) mass is 409 g/mol. The van der Waals surface area contributed by atoms with Crippen LogP contribution in [0.4, 0.5) is 5.69 Å². The Morgan fingerprint density at radius 1 is 1.03 bits per heavy atom. The van der Waals surface area contributed by atoms with E-state index in [1.54, 1.807) is 12.4 Å². The highest BCUT2D eigenvalue weighted by atomic mass is 16.1. The summed E-state index contributed by atoms with van der Waals surface area (Å²) < 4.78 is 0. The van der Waals surface area contributed by atoms with Gasteiger partial charge >= 0.3 is 0 Å². The average molecular weight is 410 g/mol. The van der Waals surface area contributed by atoms with Gasteiger partial charge in [0, 0.05) is 30.2 Å². The third kappa shape index (κ3) is 3.21. The Bertz CT molecular complexity index is 1100. The highest BCUT2D eigenvalue weighted by molar-refractivity contribution is 5.95. The maximum Gasteiger partial charge on any atom is 0.251 e. The molecule has 4 nitrogen and oxygen atoms in total. The molecule has 6 rings (SSSR count). The van der Waals surface area contributed by atoms with Crippen LogP contribution in [0.3, 0.4) is 0 Å². The number of hydrogen-bond donors (Lipinski definition) is 2. The molecule has 2 N–H and O–H groups in total. The van der Waals surface area contributed by atoms with Crippen molar-refractivity contribution in [2.45, 2.75) is 37.8 Å². The molecule has 0 unspecified atom stereocenters. The van der Waals surface area contributed by atoms with Gasteiger partial charge in [0.05, 0.1) is 6.04 Å². The van der Waals surface area contributed by atoms with Crippen molar-refractivity contribution in [3.63, 3.8) is 0 Å². The Morgan fingerprint density at radius 2 is 1.90 bits per heavy atom. The molecule has 3 aromatic rings. The maximum atomic E-state index is 12.9. The summed E-state index contributed by atoms with van der Waals surface area (Å²) >= 11 is 0.